The van der Waals surface area contributed by atoms with Gasteiger partial charge in [0.15, 0.2) is 17.4 Å². The minimum atomic E-state index is -0.863. The number of aromatic nitrogens is 2. The maximum atomic E-state index is 14.1. The molecule has 0 aliphatic carbocycles. The van der Waals surface area contributed by atoms with Gasteiger partial charge in [0.1, 0.15) is 11.6 Å². The summed E-state index contributed by atoms with van der Waals surface area (Å²) in [6.45, 7) is 2.31. The number of para-hydroxylation sites is 1. The zero-order valence-corrected chi connectivity index (χ0v) is 15.7. The first-order valence-electron chi connectivity index (χ1n) is 8.71. The molecule has 0 atom stereocenters. The molecule has 2 N–H and O–H groups in total. The Morgan fingerprint density at radius 3 is 2.48 bits per heavy atom. The van der Waals surface area contributed by atoms with E-state index >= 15 is 0 Å². The normalized spacial score (nSPS) is 10.3. The van der Waals surface area contributed by atoms with E-state index in [0.717, 1.165) is 12.1 Å². The lowest BCUT2D eigenvalue weighted by atomic mass is 10.1. The number of nitrogens with zero attached hydrogens (tertiary/aromatic N) is 2. The van der Waals surface area contributed by atoms with Gasteiger partial charge in [0.25, 0.3) is 0 Å². The van der Waals surface area contributed by atoms with Crippen molar-refractivity contribution < 1.29 is 23.0 Å². The molecule has 0 unspecified atom stereocenters. The van der Waals surface area contributed by atoms with Gasteiger partial charge < -0.3 is 14.8 Å². The summed E-state index contributed by atoms with van der Waals surface area (Å²) in [5.41, 5.74) is 1.00. The molecule has 0 saturated carbocycles. The number of hydrogen-bond acceptors (Lipinski definition) is 5. The second-order valence-electron chi connectivity index (χ2n) is 5.74. The smallest absolute Gasteiger partial charge is 0.320 e. The van der Waals surface area contributed by atoms with Crippen molar-refractivity contribution in [1.82, 2.24) is 15.3 Å². The van der Waals surface area contributed by atoms with Crippen LogP contribution in [-0.2, 0) is 0 Å². The molecule has 29 heavy (non-hydrogen) atoms. The predicted molar refractivity (Wildman–Crippen MR) is 103 cm³/mol. The van der Waals surface area contributed by atoms with Crippen molar-refractivity contribution in [3.05, 3.63) is 60.4 Å². The van der Waals surface area contributed by atoms with Crippen LogP contribution in [0.4, 0.5) is 19.4 Å². The maximum absolute atomic E-state index is 14.1. The zero-order chi connectivity index (χ0) is 20.8. The molecule has 0 radical (unpaired) electrons. The van der Waals surface area contributed by atoms with E-state index in [1.807, 2.05) is 6.92 Å². The minimum Gasteiger partial charge on any atom is -0.478 e. The predicted octanol–water partition coefficient (Wildman–Crippen LogP) is 4.36. The van der Waals surface area contributed by atoms with Crippen LogP contribution >= 0.6 is 0 Å². The molecular formula is C20H18F2N4O3. The molecule has 0 bridgehead atoms. The van der Waals surface area contributed by atoms with Crippen LogP contribution in [-0.4, -0.2) is 29.7 Å². The van der Waals surface area contributed by atoms with Crippen LogP contribution in [0.3, 0.4) is 0 Å². The lowest BCUT2D eigenvalue weighted by Crippen LogP contribution is -2.24. The average Bonchev–Trinajstić information content (AvgIpc) is 2.72. The number of nitrogens with one attached hydrogen (secondary N) is 2. The van der Waals surface area contributed by atoms with Gasteiger partial charge in [0.05, 0.1) is 6.61 Å². The number of amides is 2. The van der Waals surface area contributed by atoms with Crippen LogP contribution in [0.15, 0.2) is 48.8 Å². The van der Waals surface area contributed by atoms with Gasteiger partial charge in [0, 0.05) is 42.7 Å². The van der Waals surface area contributed by atoms with Crippen LogP contribution in [0.2, 0.25) is 0 Å². The molecule has 9 heteroatoms. The Balaban J connectivity index is 2.03. The van der Waals surface area contributed by atoms with E-state index in [1.165, 1.54) is 31.6 Å². The summed E-state index contributed by atoms with van der Waals surface area (Å²) in [5, 5.41) is 4.88. The van der Waals surface area contributed by atoms with E-state index < -0.39 is 23.4 Å². The molecule has 0 spiro atoms. The van der Waals surface area contributed by atoms with Gasteiger partial charge in [-0.05, 0) is 25.1 Å². The molecule has 150 valence electrons. The zero-order valence-electron chi connectivity index (χ0n) is 15.7. The summed E-state index contributed by atoms with van der Waals surface area (Å²) in [7, 11) is 1.45. The summed E-state index contributed by atoms with van der Waals surface area (Å²) in [4.78, 5) is 19.9. The Kier molecular flexibility index (Phi) is 6.18. The van der Waals surface area contributed by atoms with Gasteiger partial charge in [-0.1, -0.05) is 6.07 Å². The summed E-state index contributed by atoms with van der Waals surface area (Å²) >= 11 is 0. The molecule has 2 amide bonds. The Morgan fingerprint density at radius 2 is 1.86 bits per heavy atom. The molecule has 7 nitrogen and oxygen atoms in total. The van der Waals surface area contributed by atoms with Gasteiger partial charge in [-0.25, -0.2) is 23.5 Å². The standard InChI is InChI=1S/C20H18F2N4O3/c1-3-28-18-8-7-12(10-25-18)13-11-24-17(26-20(27)23-2)9-16(13)29-19-14(21)5-4-6-15(19)22/h4-11H,3H2,1-2H3,(H2,23,24,26,27). The van der Waals surface area contributed by atoms with Crippen molar-refractivity contribution in [2.75, 3.05) is 19.0 Å². The molecule has 3 rings (SSSR count). The third-order valence-electron chi connectivity index (χ3n) is 3.81. The number of pyridine rings is 2. The largest absolute Gasteiger partial charge is 0.478 e. The van der Waals surface area contributed by atoms with Crippen LogP contribution in [0.25, 0.3) is 11.1 Å². The molecule has 0 saturated heterocycles. The first kappa shape index (κ1) is 20.0. The third-order valence-corrected chi connectivity index (χ3v) is 3.81. The second-order valence-corrected chi connectivity index (χ2v) is 5.74. The van der Waals surface area contributed by atoms with Crippen molar-refractivity contribution >= 4 is 11.8 Å². The Bertz CT molecular complexity index is 993. The second kappa shape index (κ2) is 8.96. The number of carbonyl (C=O) groups excluding carboxylic acids is 1. The summed E-state index contributed by atoms with van der Waals surface area (Å²) in [6.07, 6.45) is 2.94. The van der Waals surface area contributed by atoms with E-state index in [9.17, 15) is 13.6 Å². The number of halogens is 2. The first-order valence-corrected chi connectivity index (χ1v) is 8.71. The highest BCUT2D eigenvalue weighted by molar-refractivity contribution is 5.88. The number of carbonyl (C=O) groups is 1. The van der Waals surface area contributed by atoms with Crippen LogP contribution < -0.4 is 20.1 Å². The van der Waals surface area contributed by atoms with E-state index in [4.69, 9.17) is 9.47 Å². The fourth-order valence-corrected chi connectivity index (χ4v) is 2.45. The summed E-state index contributed by atoms with van der Waals surface area (Å²) in [5.74, 6) is -1.63. The summed E-state index contributed by atoms with van der Waals surface area (Å²) in [6, 6.07) is 7.64. The fourth-order valence-electron chi connectivity index (χ4n) is 2.45. The van der Waals surface area contributed by atoms with Crippen molar-refractivity contribution in [3.8, 4) is 28.5 Å². The van der Waals surface area contributed by atoms with E-state index in [1.54, 1.807) is 12.1 Å². The van der Waals surface area contributed by atoms with Crippen LogP contribution in [0.5, 0.6) is 17.4 Å². The van der Waals surface area contributed by atoms with Gasteiger partial charge in [-0.2, -0.15) is 0 Å². The number of ether oxygens (including phenoxy) is 2. The van der Waals surface area contributed by atoms with E-state index in [-0.39, 0.29) is 11.6 Å². The molecule has 1 aromatic carbocycles. The highest BCUT2D eigenvalue weighted by Gasteiger charge is 2.16. The molecule has 2 aromatic heterocycles. The minimum absolute atomic E-state index is 0.0846. The van der Waals surface area contributed by atoms with Gasteiger partial charge in [-0.15, -0.1) is 0 Å². The van der Waals surface area contributed by atoms with Gasteiger partial charge in [0.2, 0.25) is 5.88 Å². The number of urea groups is 1. The molecule has 0 aliphatic rings. The number of benzene rings is 1. The Labute approximate surface area is 165 Å². The molecule has 0 fully saturated rings. The SMILES string of the molecule is CCOc1ccc(-c2cnc(NC(=O)NC)cc2Oc2c(F)cccc2F)cn1. The van der Waals surface area contributed by atoms with Crippen LogP contribution in [0.1, 0.15) is 6.92 Å². The van der Waals surface area contributed by atoms with Crippen molar-refractivity contribution in [1.29, 1.82) is 0 Å². The lowest BCUT2D eigenvalue weighted by Gasteiger charge is -2.14. The molecule has 3 aromatic rings. The highest BCUT2D eigenvalue weighted by Crippen LogP contribution is 2.36. The number of anilines is 1. The van der Waals surface area contributed by atoms with E-state index in [2.05, 4.69) is 20.6 Å². The quantitative estimate of drug-likeness (QED) is 0.642. The molecule has 0 aliphatic heterocycles. The highest BCUT2D eigenvalue weighted by atomic mass is 19.1. The fraction of sp³-hybridized carbons (Fsp3) is 0.150. The van der Waals surface area contributed by atoms with Crippen molar-refractivity contribution in [3.63, 3.8) is 0 Å². The number of rotatable bonds is 6. The lowest BCUT2D eigenvalue weighted by molar-refractivity contribution is 0.254. The van der Waals surface area contributed by atoms with Gasteiger partial charge in [-0.3, -0.25) is 5.32 Å². The summed E-state index contributed by atoms with van der Waals surface area (Å²) < 4.78 is 39.0. The molecule has 2 heterocycles. The van der Waals surface area contributed by atoms with Crippen LogP contribution in [0, 0.1) is 11.6 Å². The van der Waals surface area contributed by atoms with Crippen molar-refractivity contribution in [2.45, 2.75) is 6.92 Å². The Hall–Kier alpha value is -3.75. The first-order chi connectivity index (χ1) is 14.0. The maximum Gasteiger partial charge on any atom is 0.320 e. The number of hydrogen-bond donors (Lipinski definition) is 2. The van der Waals surface area contributed by atoms with Crippen molar-refractivity contribution in [2.24, 2.45) is 0 Å². The topological polar surface area (TPSA) is 85.4 Å². The van der Waals surface area contributed by atoms with Gasteiger partial charge >= 0.3 is 6.03 Å². The average molecular weight is 400 g/mol. The molecular weight excluding hydrogens is 382 g/mol. The third kappa shape index (κ3) is 4.75. The Morgan fingerprint density at radius 1 is 1.10 bits per heavy atom. The monoisotopic (exact) mass is 400 g/mol. The van der Waals surface area contributed by atoms with E-state index in [0.29, 0.717) is 23.6 Å².